The maximum atomic E-state index is 12.5. The second-order valence-corrected chi connectivity index (χ2v) is 7.15. The number of piperidine rings is 1. The Balaban J connectivity index is 1.66. The Labute approximate surface area is 141 Å². The number of amides is 1. The Hall–Kier alpha value is -2.30. The highest BCUT2D eigenvalue weighted by Gasteiger charge is 2.39. The third-order valence-corrected chi connectivity index (χ3v) is 5.10. The molecule has 2 N–H and O–H groups in total. The minimum absolute atomic E-state index is 0.0455. The molecule has 128 valence electrons. The predicted octanol–water partition coefficient (Wildman–Crippen LogP) is 3.12. The summed E-state index contributed by atoms with van der Waals surface area (Å²) in [7, 11) is 0. The monoisotopic (exact) mass is 328 g/mol. The summed E-state index contributed by atoms with van der Waals surface area (Å²) >= 11 is 0. The van der Waals surface area contributed by atoms with Crippen LogP contribution in [-0.4, -0.2) is 40.0 Å². The quantitative estimate of drug-likeness (QED) is 0.905. The predicted molar refractivity (Wildman–Crippen MR) is 92.9 cm³/mol. The Bertz CT molecular complexity index is 780. The Morgan fingerprint density at radius 1 is 1.38 bits per heavy atom. The van der Waals surface area contributed by atoms with Crippen molar-refractivity contribution in [2.45, 2.75) is 39.5 Å². The number of aliphatic carboxylic acids is 1. The van der Waals surface area contributed by atoms with Crippen molar-refractivity contribution in [3.05, 3.63) is 35.5 Å². The molecule has 1 atom stereocenters. The van der Waals surface area contributed by atoms with E-state index in [4.69, 9.17) is 0 Å². The van der Waals surface area contributed by atoms with Crippen LogP contribution < -0.4 is 0 Å². The molecule has 1 aliphatic heterocycles. The number of hydrogen-bond acceptors (Lipinski definition) is 2. The number of benzene rings is 1. The molecule has 2 heterocycles. The van der Waals surface area contributed by atoms with Gasteiger partial charge in [0, 0.05) is 36.6 Å². The topological polar surface area (TPSA) is 73.4 Å². The first-order chi connectivity index (χ1) is 11.4. The SMILES string of the molecule is Cc1ccc2[nH]cc(CCC(=O)N3CCCC(C)(C(=O)O)C3)c2c1. The van der Waals surface area contributed by atoms with E-state index in [1.165, 1.54) is 5.56 Å². The number of nitrogens with one attached hydrogen (secondary N) is 1. The second-order valence-electron chi connectivity index (χ2n) is 7.15. The van der Waals surface area contributed by atoms with Crippen molar-refractivity contribution in [3.8, 4) is 0 Å². The molecule has 0 radical (unpaired) electrons. The van der Waals surface area contributed by atoms with Gasteiger partial charge in [-0.1, -0.05) is 11.6 Å². The number of aromatic amines is 1. The van der Waals surface area contributed by atoms with Crippen molar-refractivity contribution in [2.75, 3.05) is 13.1 Å². The van der Waals surface area contributed by atoms with Crippen LogP contribution in [0.2, 0.25) is 0 Å². The van der Waals surface area contributed by atoms with Crippen LogP contribution in [0.15, 0.2) is 24.4 Å². The van der Waals surface area contributed by atoms with Gasteiger partial charge < -0.3 is 15.0 Å². The molecule has 1 aromatic heterocycles. The summed E-state index contributed by atoms with van der Waals surface area (Å²) in [6.45, 7) is 4.77. The number of hydrogen-bond donors (Lipinski definition) is 2. The molecule has 1 aromatic carbocycles. The van der Waals surface area contributed by atoms with E-state index in [-0.39, 0.29) is 5.91 Å². The highest BCUT2D eigenvalue weighted by molar-refractivity contribution is 5.85. The summed E-state index contributed by atoms with van der Waals surface area (Å²) in [6.07, 6.45) is 4.43. The molecule has 1 amide bonds. The van der Waals surface area contributed by atoms with E-state index >= 15 is 0 Å². The zero-order chi connectivity index (χ0) is 17.3. The Morgan fingerprint density at radius 2 is 2.17 bits per heavy atom. The van der Waals surface area contributed by atoms with Crippen LogP contribution in [0.1, 0.15) is 37.3 Å². The lowest BCUT2D eigenvalue weighted by molar-refractivity contribution is -0.153. The first-order valence-corrected chi connectivity index (χ1v) is 8.47. The number of aromatic nitrogens is 1. The van der Waals surface area contributed by atoms with Gasteiger partial charge in [-0.05, 0) is 50.8 Å². The molecule has 2 aromatic rings. The van der Waals surface area contributed by atoms with Gasteiger partial charge in [0.2, 0.25) is 5.91 Å². The first-order valence-electron chi connectivity index (χ1n) is 8.47. The van der Waals surface area contributed by atoms with Crippen molar-refractivity contribution >= 4 is 22.8 Å². The molecule has 0 bridgehead atoms. The van der Waals surface area contributed by atoms with Crippen LogP contribution in [0.5, 0.6) is 0 Å². The molecule has 5 nitrogen and oxygen atoms in total. The number of aryl methyl sites for hydroxylation is 2. The van der Waals surface area contributed by atoms with Crippen LogP contribution in [0.4, 0.5) is 0 Å². The minimum atomic E-state index is -0.814. The Kier molecular flexibility index (Phi) is 4.35. The standard InChI is InChI=1S/C19H24N2O3/c1-13-4-6-16-15(10-13)14(11-20-16)5-7-17(22)21-9-3-8-19(2,12-21)18(23)24/h4,6,10-11,20H,3,5,7-9,12H2,1-2H3,(H,23,24). The van der Waals surface area contributed by atoms with Crippen LogP contribution in [0.3, 0.4) is 0 Å². The third kappa shape index (κ3) is 3.16. The summed E-state index contributed by atoms with van der Waals surface area (Å²) in [4.78, 5) is 28.9. The van der Waals surface area contributed by atoms with Gasteiger partial charge in [-0.3, -0.25) is 9.59 Å². The van der Waals surface area contributed by atoms with E-state index in [1.807, 2.05) is 6.20 Å². The van der Waals surface area contributed by atoms with Crippen molar-refractivity contribution in [3.63, 3.8) is 0 Å². The number of carboxylic acid groups (broad SMARTS) is 1. The number of nitrogens with zero attached hydrogens (tertiary/aromatic N) is 1. The maximum absolute atomic E-state index is 12.5. The molecule has 1 fully saturated rings. The maximum Gasteiger partial charge on any atom is 0.311 e. The van der Waals surface area contributed by atoms with Crippen molar-refractivity contribution in [2.24, 2.45) is 5.41 Å². The molecule has 1 aliphatic rings. The molecule has 0 spiro atoms. The van der Waals surface area contributed by atoms with Crippen molar-refractivity contribution < 1.29 is 14.7 Å². The Morgan fingerprint density at radius 3 is 2.92 bits per heavy atom. The average molecular weight is 328 g/mol. The summed E-state index contributed by atoms with van der Waals surface area (Å²) in [5, 5.41) is 10.5. The van der Waals surface area contributed by atoms with Crippen molar-refractivity contribution in [1.82, 2.24) is 9.88 Å². The largest absolute Gasteiger partial charge is 0.481 e. The van der Waals surface area contributed by atoms with Gasteiger partial charge in [0.1, 0.15) is 0 Å². The number of carboxylic acids is 1. The number of carbonyl (C=O) groups is 2. The van der Waals surface area contributed by atoms with E-state index < -0.39 is 11.4 Å². The molecular formula is C19H24N2O3. The fourth-order valence-electron chi connectivity index (χ4n) is 3.53. The van der Waals surface area contributed by atoms with Crippen LogP contribution in [0, 0.1) is 12.3 Å². The second kappa shape index (κ2) is 6.30. The molecule has 0 saturated carbocycles. The average Bonchev–Trinajstić information content (AvgIpc) is 2.94. The van der Waals surface area contributed by atoms with Crippen LogP contribution in [-0.2, 0) is 16.0 Å². The number of fused-ring (bicyclic) bond motifs is 1. The van der Waals surface area contributed by atoms with Crippen molar-refractivity contribution in [1.29, 1.82) is 0 Å². The number of H-pyrrole nitrogens is 1. The fraction of sp³-hybridized carbons (Fsp3) is 0.474. The molecule has 5 heteroatoms. The van der Waals surface area contributed by atoms with Gasteiger partial charge in [0.15, 0.2) is 0 Å². The van der Waals surface area contributed by atoms with E-state index in [2.05, 4.69) is 30.1 Å². The lowest BCUT2D eigenvalue weighted by Gasteiger charge is -2.37. The van der Waals surface area contributed by atoms with Crippen LogP contribution in [0.25, 0.3) is 10.9 Å². The molecule has 3 rings (SSSR count). The highest BCUT2D eigenvalue weighted by atomic mass is 16.4. The lowest BCUT2D eigenvalue weighted by Crippen LogP contribution is -2.48. The number of carbonyl (C=O) groups excluding carboxylic acids is 1. The van der Waals surface area contributed by atoms with E-state index in [0.29, 0.717) is 32.4 Å². The zero-order valence-corrected chi connectivity index (χ0v) is 14.3. The molecule has 1 saturated heterocycles. The zero-order valence-electron chi connectivity index (χ0n) is 14.3. The normalized spacial score (nSPS) is 21.2. The van der Waals surface area contributed by atoms with Gasteiger partial charge in [0.25, 0.3) is 0 Å². The molecular weight excluding hydrogens is 304 g/mol. The number of likely N-dealkylation sites (tertiary alicyclic amines) is 1. The van der Waals surface area contributed by atoms with Gasteiger partial charge in [-0.2, -0.15) is 0 Å². The number of rotatable bonds is 4. The first kappa shape index (κ1) is 16.6. The van der Waals surface area contributed by atoms with Gasteiger partial charge in [-0.25, -0.2) is 0 Å². The molecule has 0 aliphatic carbocycles. The van der Waals surface area contributed by atoms with E-state index in [1.54, 1.807) is 11.8 Å². The minimum Gasteiger partial charge on any atom is -0.481 e. The van der Waals surface area contributed by atoms with Crippen LogP contribution >= 0.6 is 0 Å². The summed E-state index contributed by atoms with van der Waals surface area (Å²) in [6, 6.07) is 6.25. The third-order valence-electron chi connectivity index (χ3n) is 5.10. The smallest absolute Gasteiger partial charge is 0.311 e. The van der Waals surface area contributed by atoms with Gasteiger partial charge >= 0.3 is 5.97 Å². The van der Waals surface area contributed by atoms with E-state index in [0.717, 1.165) is 22.9 Å². The summed E-state index contributed by atoms with van der Waals surface area (Å²) in [5.74, 6) is -0.767. The summed E-state index contributed by atoms with van der Waals surface area (Å²) < 4.78 is 0. The lowest BCUT2D eigenvalue weighted by atomic mass is 9.82. The highest BCUT2D eigenvalue weighted by Crippen LogP contribution is 2.30. The summed E-state index contributed by atoms with van der Waals surface area (Å²) in [5.41, 5.74) is 2.61. The molecule has 24 heavy (non-hydrogen) atoms. The van der Waals surface area contributed by atoms with Gasteiger partial charge in [0.05, 0.1) is 5.41 Å². The fourth-order valence-corrected chi connectivity index (χ4v) is 3.53. The van der Waals surface area contributed by atoms with Gasteiger partial charge in [-0.15, -0.1) is 0 Å². The van der Waals surface area contributed by atoms with E-state index in [9.17, 15) is 14.7 Å². The molecule has 1 unspecified atom stereocenters.